The van der Waals surface area contributed by atoms with Crippen LogP contribution < -0.4 is 5.32 Å². The van der Waals surface area contributed by atoms with Crippen LogP contribution in [-0.4, -0.2) is 42.2 Å². The molecule has 6 heteroatoms. The number of nitrogens with one attached hydrogen (secondary N) is 1. The highest BCUT2D eigenvalue weighted by molar-refractivity contribution is 5.83. The minimum absolute atomic E-state index is 0.0873. The number of carbonyl (C=O) groups excluding carboxylic acids is 1. The lowest BCUT2D eigenvalue weighted by atomic mass is 10.2. The molecule has 15 heavy (non-hydrogen) atoms. The van der Waals surface area contributed by atoms with Crippen molar-refractivity contribution in [3.05, 3.63) is 0 Å². The number of nitrogens with zero attached hydrogens (tertiary/aromatic N) is 1. The predicted octanol–water partition coefficient (Wildman–Crippen LogP) is 0.902. The summed E-state index contributed by atoms with van der Waals surface area (Å²) in [7, 11) is 1.61. The van der Waals surface area contributed by atoms with Crippen LogP contribution in [0.3, 0.4) is 0 Å². The van der Waals surface area contributed by atoms with Crippen molar-refractivity contribution in [2.75, 3.05) is 13.6 Å². The zero-order valence-corrected chi connectivity index (χ0v) is 8.40. The van der Waals surface area contributed by atoms with Crippen LogP contribution in [0.1, 0.15) is 19.3 Å². The number of halogens is 3. The van der Waals surface area contributed by atoms with Crippen LogP contribution >= 0.6 is 0 Å². The molecule has 0 radical (unpaired) electrons. The van der Waals surface area contributed by atoms with E-state index in [9.17, 15) is 18.0 Å². The third-order valence-corrected chi connectivity index (χ3v) is 3.17. The monoisotopic (exact) mass is 222 g/mol. The second kappa shape index (κ2) is 3.10. The number of amides is 1. The zero-order chi connectivity index (χ0) is 11.3. The summed E-state index contributed by atoms with van der Waals surface area (Å²) in [6.07, 6.45) is -3.60. The van der Waals surface area contributed by atoms with Gasteiger partial charge in [0.1, 0.15) is 5.54 Å². The molecule has 0 aromatic carbocycles. The number of carbonyl (C=O) groups is 1. The Bertz CT molecular complexity index is 286. The van der Waals surface area contributed by atoms with Crippen molar-refractivity contribution in [1.82, 2.24) is 10.2 Å². The van der Waals surface area contributed by atoms with E-state index in [-0.39, 0.29) is 18.7 Å². The van der Waals surface area contributed by atoms with Crippen LogP contribution in [-0.2, 0) is 4.79 Å². The average molecular weight is 222 g/mol. The lowest BCUT2D eigenvalue weighted by molar-refractivity contribution is -0.168. The predicted molar refractivity (Wildman–Crippen MR) is 47.2 cm³/mol. The van der Waals surface area contributed by atoms with Gasteiger partial charge in [0.25, 0.3) is 0 Å². The molecule has 3 nitrogen and oxygen atoms in total. The first kappa shape index (κ1) is 10.7. The number of rotatable bonds is 2. The van der Waals surface area contributed by atoms with Gasteiger partial charge in [-0.3, -0.25) is 10.1 Å². The summed E-state index contributed by atoms with van der Waals surface area (Å²) in [5, 5.41) is 2.47. The molecule has 1 saturated carbocycles. The highest BCUT2D eigenvalue weighted by atomic mass is 19.4. The average Bonchev–Trinajstić information content (AvgIpc) is 2.84. The van der Waals surface area contributed by atoms with Crippen LogP contribution in [0.15, 0.2) is 0 Å². The third kappa shape index (κ3) is 1.71. The Labute approximate surface area is 85.6 Å². The van der Waals surface area contributed by atoms with Gasteiger partial charge in [-0.2, -0.15) is 13.2 Å². The Morgan fingerprint density at radius 1 is 1.47 bits per heavy atom. The van der Waals surface area contributed by atoms with Crippen molar-refractivity contribution < 1.29 is 18.0 Å². The maximum absolute atomic E-state index is 12.6. The molecule has 1 aliphatic heterocycles. The summed E-state index contributed by atoms with van der Waals surface area (Å²) in [4.78, 5) is 12.9. The Hall–Kier alpha value is -0.780. The summed E-state index contributed by atoms with van der Waals surface area (Å²) >= 11 is 0. The van der Waals surface area contributed by atoms with Crippen molar-refractivity contribution in [3.63, 3.8) is 0 Å². The van der Waals surface area contributed by atoms with Gasteiger partial charge in [-0.05, 0) is 19.3 Å². The maximum Gasteiger partial charge on any atom is 0.406 e. The Morgan fingerprint density at radius 2 is 2.07 bits per heavy atom. The Kier molecular flexibility index (Phi) is 2.22. The molecule has 1 atom stereocenters. The van der Waals surface area contributed by atoms with E-state index in [1.165, 1.54) is 4.90 Å². The molecule has 2 fully saturated rings. The number of alkyl halides is 3. The first-order valence-corrected chi connectivity index (χ1v) is 4.95. The molecule has 1 heterocycles. The number of likely N-dealkylation sites (tertiary alicyclic amines) is 1. The largest absolute Gasteiger partial charge is 0.406 e. The summed E-state index contributed by atoms with van der Waals surface area (Å²) in [5.41, 5.74) is -1.78. The quantitative estimate of drug-likeness (QED) is 0.753. The lowest BCUT2D eigenvalue weighted by Crippen LogP contribution is -2.52. The highest BCUT2D eigenvalue weighted by Gasteiger charge is 2.64. The molecule has 1 saturated heterocycles. The molecular formula is C9H13F3N2O. The van der Waals surface area contributed by atoms with Crippen LogP contribution in [0.5, 0.6) is 0 Å². The van der Waals surface area contributed by atoms with Gasteiger partial charge in [-0.1, -0.05) is 0 Å². The van der Waals surface area contributed by atoms with E-state index >= 15 is 0 Å². The molecule has 1 amide bonds. The second-order valence-corrected chi connectivity index (χ2v) is 4.33. The van der Waals surface area contributed by atoms with Crippen molar-refractivity contribution in [2.45, 2.75) is 37.0 Å². The molecule has 2 rings (SSSR count). The minimum atomic E-state index is -4.24. The second-order valence-electron chi connectivity index (χ2n) is 4.33. The fourth-order valence-corrected chi connectivity index (χ4v) is 1.92. The van der Waals surface area contributed by atoms with E-state index in [0.717, 1.165) is 0 Å². The molecule has 1 N–H and O–H groups in total. The van der Waals surface area contributed by atoms with E-state index in [0.29, 0.717) is 13.0 Å². The molecule has 0 bridgehead atoms. The normalized spacial score (nSPS) is 29.7. The molecule has 0 aromatic heterocycles. The van der Waals surface area contributed by atoms with Gasteiger partial charge < -0.3 is 4.90 Å². The summed E-state index contributed by atoms with van der Waals surface area (Å²) < 4.78 is 37.8. The molecule has 0 aromatic rings. The SMILES string of the molecule is CN1CCC(NC2(C(F)(F)F)CC2)C1=O. The van der Waals surface area contributed by atoms with Crippen molar-refractivity contribution >= 4 is 5.91 Å². The van der Waals surface area contributed by atoms with Gasteiger partial charge in [0.15, 0.2) is 0 Å². The smallest absolute Gasteiger partial charge is 0.344 e. The highest BCUT2D eigenvalue weighted by Crippen LogP contribution is 2.49. The number of hydrogen-bond acceptors (Lipinski definition) is 2. The van der Waals surface area contributed by atoms with E-state index in [4.69, 9.17) is 0 Å². The van der Waals surface area contributed by atoms with Crippen molar-refractivity contribution in [2.24, 2.45) is 0 Å². The van der Waals surface area contributed by atoms with Crippen LogP contribution in [0.2, 0.25) is 0 Å². The van der Waals surface area contributed by atoms with Gasteiger partial charge in [0.05, 0.1) is 6.04 Å². The molecule has 1 unspecified atom stereocenters. The van der Waals surface area contributed by atoms with E-state index in [2.05, 4.69) is 5.32 Å². The van der Waals surface area contributed by atoms with Crippen LogP contribution in [0, 0.1) is 0 Å². The van der Waals surface area contributed by atoms with Gasteiger partial charge in [-0.15, -0.1) is 0 Å². The standard InChI is InChI=1S/C9H13F3N2O/c1-14-5-2-6(7(14)15)13-8(3-4-8)9(10,11)12/h6,13H,2-5H2,1H3. The molecule has 0 spiro atoms. The Morgan fingerprint density at radius 3 is 2.40 bits per heavy atom. The Balaban J connectivity index is 2.01. The third-order valence-electron chi connectivity index (χ3n) is 3.17. The van der Waals surface area contributed by atoms with Gasteiger partial charge in [-0.25, -0.2) is 0 Å². The van der Waals surface area contributed by atoms with E-state index in [1.54, 1.807) is 7.05 Å². The van der Waals surface area contributed by atoms with Crippen LogP contribution in [0.4, 0.5) is 13.2 Å². The molecule has 86 valence electrons. The lowest BCUT2D eigenvalue weighted by Gasteiger charge is -2.23. The summed E-state index contributed by atoms with van der Waals surface area (Å²) in [6, 6.07) is -0.654. The first-order valence-electron chi connectivity index (χ1n) is 4.95. The molecule has 2 aliphatic rings. The fraction of sp³-hybridized carbons (Fsp3) is 0.889. The van der Waals surface area contributed by atoms with Crippen molar-refractivity contribution in [3.8, 4) is 0 Å². The van der Waals surface area contributed by atoms with Gasteiger partial charge in [0, 0.05) is 13.6 Å². The van der Waals surface area contributed by atoms with Gasteiger partial charge in [0.2, 0.25) is 5.91 Å². The number of hydrogen-bond donors (Lipinski definition) is 1. The topological polar surface area (TPSA) is 32.3 Å². The first-order chi connectivity index (χ1) is 6.86. The molecular weight excluding hydrogens is 209 g/mol. The van der Waals surface area contributed by atoms with E-state index in [1.807, 2.05) is 0 Å². The summed E-state index contributed by atoms with van der Waals surface area (Å²) in [5.74, 6) is -0.231. The van der Waals surface area contributed by atoms with Crippen molar-refractivity contribution in [1.29, 1.82) is 0 Å². The van der Waals surface area contributed by atoms with Crippen LogP contribution in [0.25, 0.3) is 0 Å². The minimum Gasteiger partial charge on any atom is -0.344 e. The van der Waals surface area contributed by atoms with E-state index < -0.39 is 17.8 Å². The number of likely N-dealkylation sites (N-methyl/N-ethyl adjacent to an activating group) is 1. The van der Waals surface area contributed by atoms with Gasteiger partial charge >= 0.3 is 6.18 Å². The molecule has 1 aliphatic carbocycles. The fourth-order valence-electron chi connectivity index (χ4n) is 1.92. The summed E-state index contributed by atoms with van der Waals surface area (Å²) in [6.45, 7) is 0.532. The maximum atomic E-state index is 12.6. The zero-order valence-electron chi connectivity index (χ0n) is 8.40.